The Morgan fingerprint density at radius 2 is 1.83 bits per heavy atom. The summed E-state index contributed by atoms with van der Waals surface area (Å²) in [5.74, 6) is 0.406. The van der Waals surface area contributed by atoms with Gasteiger partial charge in [0.05, 0.1) is 13.2 Å². The zero-order valence-electron chi connectivity index (χ0n) is 13.0. The number of morpholine rings is 1. The van der Waals surface area contributed by atoms with Gasteiger partial charge < -0.3 is 4.74 Å². The number of rotatable bonds is 5. The lowest BCUT2D eigenvalue weighted by molar-refractivity contribution is -0.364. The maximum absolute atomic E-state index is 12.9. The van der Waals surface area contributed by atoms with Crippen molar-refractivity contribution in [2.75, 3.05) is 31.6 Å². The number of halogens is 1. The number of sulfonamides is 1. The van der Waals surface area contributed by atoms with Gasteiger partial charge in [-0.15, -0.1) is 0 Å². The molecule has 1 saturated heterocycles. The highest BCUT2D eigenvalue weighted by atomic mass is 32.2. The number of anilines is 1. The van der Waals surface area contributed by atoms with E-state index in [0.717, 1.165) is 5.56 Å². The first kappa shape index (κ1) is 16.8. The quantitative estimate of drug-likeness (QED) is 0.880. The molecule has 1 aromatic carbocycles. The average Bonchev–Trinajstić information content (AvgIpc) is 2.62. The number of pyridine rings is 1. The summed E-state index contributed by atoms with van der Waals surface area (Å²) in [6.45, 7) is 2.08. The van der Waals surface area contributed by atoms with E-state index in [9.17, 15) is 12.8 Å². The second-order valence-electron chi connectivity index (χ2n) is 5.43. The summed E-state index contributed by atoms with van der Waals surface area (Å²) >= 11 is 0. The van der Waals surface area contributed by atoms with E-state index < -0.39 is 10.0 Å². The number of hydrogen-bond acceptors (Lipinski definition) is 4. The van der Waals surface area contributed by atoms with Gasteiger partial charge in [0.2, 0.25) is 10.0 Å². The number of aromatic amines is 1. The van der Waals surface area contributed by atoms with Gasteiger partial charge in [-0.25, -0.2) is 17.8 Å². The smallest absolute Gasteiger partial charge is 0.272 e. The van der Waals surface area contributed by atoms with Crippen LogP contribution in [-0.4, -0.2) is 39.0 Å². The number of H-pyrrole nitrogens is 1. The van der Waals surface area contributed by atoms with E-state index >= 15 is 0 Å². The maximum atomic E-state index is 12.9. The first-order valence-corrected chi connectivity index (χ1v) is 9.08. The molecule has 0 atom stereocenters. The Morgan fingerprint density at radius 3 is 2.46 bits per heavy atom. The van der Waals surface area contributed by atoms with Gasteiger partial charge in [0.15, 0.2) is 0 Å². The lowest BCUT2D eigenvalue weighted by atomic mass is 10.2. The van der Waals surface area contributed by atoms with Crippen molar-refractivity contribution in [2.24, 2.45) is 0 Å². The molecule has 0 radical (unpaired) electrons. The second-order valence-corrected chi connectivity index (χ2v) is 7.37. The van der Waals surface area contributed by atoms with Crippen LogP contribution >= 0.6 is 0 Å². The molecule has 8 heteroatoms. The van der Waals surface area contributed by atoms with E-state index in [1.54, 1.807) is 24.3 Å². The van der Waals surface area contributed by atoms with E-state index in [0.29, 0.717) is 38.7 Å². The molecule has 1 aliphatic rings. The Hall–Kier alpha value is -2.03. The molecule has 2 aromatic rings. The largest absolute Gasteiger partial charge is 0.379 e. The standard InChI is InChI=1S/C16H18FN3O3S/c17-14-3-1-13(2-4-14)11-18-16-6-5-15(12-19-16)24(21,22)20-7-9-23-10-8-20/h1-6,12H,7-11H2,(H,18,19)/p+1. The summed E-state index contributed by atoms with van der Waals surface area (Å²) in [4.78, 5) is 3.16. The molecule has 1 aromatic heterocycles. The molecular formula is C16H19FN3O3S+. The number of benzene rings is 1. The fourth-order valence-electron chi connectivity index (χ4n) is 2.42. The van der Waals surface area contributed by atoms with E-state index in [-0.39, 0.29) is 10.7 Å². The second kappa shape index (κ2) is 7.25. The predicted octanol–water partition coefficient (Wildman–Crippen LogP) is 1.27. The van der Waals surface area contributed by atoms with Gasteiger partial charge in [-0.3, -0.25) is 5.32 Å². The minimum atomic E-state index is -3.50. The van der Waals surface area contributed by atoms with Gasteiger partial charge in [-0.1, -0.05) is 12.1 Å². The highest BCUT2D eigenvalue weighted by molar-refractivity contribution is 7.89. The third kappa shape index (κ3) is 3.89. The lowest BCUT2D eigenvalue weighted by Crippen LogP contribution is -2.40. The van der Waals surface area contributed by atoms with Crippen LogP contribution in [0.5, 0.6) is 0 Å². The number of nitrogens with one attached hydrogen (secondary N) is 2. The van der Waals surface area contributed by atoms with Gasteiger partial charge in [0, 0.05) is 19.2 Å². The minimum Gasteiger partial charge on any atom is -0.379 e. The molecule has 24 heavy (non-hydrogen) atoms. The summed E-state index contributed by atoms with van der Waals surface area (Å²) in [7, 11) is -3.50. The summed E-state index contributed by atoms with van der Waals surface area (Å²) in [5, 5.41) is 3.13. The van der Waals surface area contributed by atoms with E-state index in [2.05, 4.69) is 10.3 Å². The molecule has 128 valence electrons. The minimum absolute atomic E-state index is 0.219. The highest BCUT2D eigenvalue weighted by Crippen LogP contribution is 2.16. The molecule has 3 rings (SSSR count). The predicted molar refractivity (Wildman–Crippen MR) is 86.3 cm³/mol. The third-order valence-corrected chi connectivity index (χ3v) is 5.68. The van der Waals surface area contributed by atoms with Crippen molar-refractivity contribution in [2.45, 2.75) is 11.4 Å². The summed E-state index contributed by atoms with van der Waals surface area (Å²) in [6.07, 6.45) is 1.47. The van der Waals surface area contributed by atoms with Crippen LogP contribution in [-0.2, 0) is 21.3 Å². The molecule has 0 spiro atoms. The van der Waals surface area contributed by atoms with E-state index in [1.807, 2.05) is 0 Å². The third-order valence-electron chi connectivity index (χ3n) is 3.79. The Balaban J connectivity index is 1.65. The first-order chi connectivity index (χ1) is 11.6. The highest BCUT2D eigenvalue weighted by Gasteiger charge is 2.27. The van der Waals surface area contributed by atoms with Crippen LogP contribution in [0, 0.1) is 5.82 Å². The molecule has 2 N–H and O–H groups in total. The van der Waals surface area contributed by atoms with E-state index in [4.69, 9.17) is 4.74 Å². The van der Waals surface area contributed by atoms with Crippen molar-refractivity contribution < 1.29 is 22.5 Å². The van der Waals surface area contributed by atoms with Crippen LogP contribution in [0.3, 0.4) is 0 Å². The molecule has 0 saturated carbocycles. The van der Waals surface area contributed by atoms with Gasteiger partial charge >= 0.3 is 0 Å². The van der Waals surface area contributed by atoms with Crippen LogP contribution in [0.2, 0.25) is 0 Å². The summed E-state index contributed by atoms with van der Waals surface area (Å²) < 4.78 is 44.5. The van der Waals surface area contributed by atoms with Gasteiger partial charge in [-0.05, 0) is 23.8 Å². The monoisotopic (exact) mass is 352 g/mol. The topological polar surface area (TPSA) is 72.8 Å². The Kier molecular flexibility index (Phi) is 5.08. The van der Waals surface area contributed by atoms with Crippen LogP contribution in [0.1, 0.15) is 5.56 Å². The number of aromatic nitrogens is 1. The Labute approximate surface area is 140 Å². The summed E-state index contributed by atoms with van der Waals surface area (Å²) in [5.41, 5.74) is 0.926. The number of nitrogens with zero attached hydrogens (tertiary/aromatic N) is 1. The Bertz CT molecular complexity index is 773. The van der Waals surface area contributed by atoms with Crippen molar-refractivity contribution in [1.82, 2.24) is 4.31 Å². The molecule has 1 aliphatic heterocycles. The molecule has 2 heterocycles. The molecule has 1 fully saturated rings. The number of ether oxygens (including phenoxy) is 1. The number of hydrogen-bond donors (Lipinski definition) is 1. The van der Waals surface area contributed by atoms with Crippen molar-refractivity contribution >= 4 is 15.8 Å². The molecule has 0 aliphatic carbocycles. The van der Waals surface area contributed by atoms with Crippen LogP contribution in [0.15, 0.2) is 47.5 Å². The fourth-order valence-corrected chi connectivity index (χ4v) is 3.79. The van der Waals surface area contributed by atoms with Gasteiger partial charge in [0.25, 0.3) is 5.82 Å². The van der Waals surface area contributed by atoms with Gasteiger partial charge in [-0.2, -0.15) is 4.31 Å². The molecule has 0 unspecified atom stereocenters. The van der Waals surface area contributed by atoms with Crippen LogP contribution in [0.4, 0.5) is 10.2 Å². The van der Waals surface area contributed by atoms with Crippen LogP contribution in [0.25, 0.3) is 0 Å². The van der Waals surface area contributed by atoms with Crippen molar-refractivity contribution in [1.29, 1.82) is 0 Å². The van der Waals surface area contributed by atoms with Crippen molar-refractivity contribution in [3.63, 3.8) is 0 Å². The average molecular weight is 352 g/mol. The van der Waals surface area contributed by atoms with E-state index in [1.165, 1.54) is 22.6 Å². The Morgan fingerprint density at radius 1 is 1.12 bits per heavy atom. The SMILES string of the molecule is O=S(=O)(c1ccc(NCc2ccc(F)cc2)[nH+]c1)N1CCOCC1. The lowest BCUT2D eigenvalue weighted by Gasteiger charge is -2.25. The molecular weight excluding hydrogens is 333 g/mol. The normalized spacial score (nSPS) is 16.0. The maximum Gasteiger partial charge on any atom is 0.272 e. The van der Waals surface area contributed by atoms with Crippen molar-refractivity contribution in [3.05, 3.63) is 54.0 Å². The van der Waals surface area contributed by atoms with Crippen LogP contribution < -0.4 is 10.3 Å². The zero-order valence-corrected chi connectivity index (χ0v) is 13.9. The fraction of sp³-hybridized carbons (Fsp3) is 0.312. The molecule has 0 amide bonds. The summed E-state index contributed by atoms with van der Waals surface area (Å²) in [6, 6.07) is 9.43. The molecule has 6 nitrogen and oxygen atoms in total. The molecule has 0 bridgehead atoms. The van der Waals surface area contributed by atoms with Crippen molar-refractivity contribution in [3.8, 4) is 0 Å². The zero-order chi connectivity index (χ0) is 17.0. The van der Waals surface area contributed by atoms with Gasteiger partial charge in [0.1, 0.15) is 23.5 Å². The first-order valence-electron chi connectivity index (χ1n) is 7.64.